The topological polar surface area (TPSA) is 29.3 Å². The lowest BCUT2D eigenvalue weighted by Gasteiger charge is -2.43. The molecule has 118 valence electrons. The lowest BCUT2D eigenvalue weighted by molar-refractivity contribution is 0.0827. The van der Waals surface area contributed by atoms with E-state index in [-0.39, 0.29) is 11.4 Å². The molecule has 2 nitrogen and oxygen atoms in total. The fourth-order valence-corrected chi connectivity index (χ4v) is 3.47. The molecule has 1 aromatic carbocycles. The monoisotopic (exact) mass is 292 g/mol. The van der Waals surface area contributed by atoms with Gasteiger partial charge in [0.15, 0.2) is 0 Å². The van der Waals surface area contributed by atoms with E-state index in [2.05, 4.69) is 18.9 Å². The Morgan fingerprint density at radius 1 is 1.14 bits per heavy atom. The zero-order chi connectivity index (χ0) is 15.3. The molecule has 1 aromatic rings. The Kier molecular flexibility index (Phi) is 5.77. The van der Waals surface area contributed by atoms with Crippen molar-refractivity contribution in [1.29, 1.82) is 0 Å². The number of likely N-dealkylation sites (N-methyl/N-ethyl adjacent to an activating group) is 1. The van der Waals surface area contributed by atoms with Gasteiger partial charge in [0.25, 0.3) is 0 Å². The number of nitrogens with zero attached hydrogens (tertiary/aromatic N) is 1. The van der Waals surface area contributed by atoms with E-state index in [9.17, 15) is 4.39 Å². The molecule has 0 aliphatic heterocycles. The fraction of sp³-hybridized carbons (Fsp3) is 0.667. The first-order chi connectivity index (χ1) is 10.0. The smallest absolute Gasteiger partial charge is 0.123 e. The minimum Gasteiger partial charge on any atom is -0.329 e. The van der Waals surface area contributed by atoms with Crippen LogP contribution in [0.2, 0.25) is 0 Å². The van der Waals surface area contributed by atoms with E-state index in [0.29, 0.717) is 12.6 Å². The van der Waals surface area contributed by atoms with Crippen molar-refractivity contribution in [2.24, 2.45) is 5.73 Å². The predicted octanol–water partition coefficient (Wildman–Crippen LogP) is 3.74. The Morgan fingerprint density at radius 2 is 1.71 bits per heavy atom. The number of hydrogen-bond donors (Lipinski definition) is 1. The molecular weight excluding hydrogens is 263 g/mol. The first-order valence-corrected chi connectivity index (χ1v) is 8.22. The molecule has 21 heavy (non-hydrogen) atoms. The highest BCUT2D eigenvalue weighted by Crippen LogP contribution is 2.28. The van der Waals surface area contributed by atoms with Gasteiger partial charge >= 0.3 is 0 Å². The first-order valence-electron chi connectivity index (χ1n) is 8.22. The molecule has 1 aliphatic carbocycles. The Morgan fingerprint density at radius 3 is 2.24 bits per heavy atom. The van der Waals surface area contributed by atoms with Crippen LogP contribution < -0.4 is 5.73 Å². The van der Waals surface area contributed by atoms with Crippen molar-refractivity contribution in [2.75, 3.05) is 13.6 Å². The van der Waals surface area contributed by atoms with Crippen LogP contribution in [0.1, 0.15) is 51.0 Å². The van der Waals surface area contributed by atoms with Gasteiger partial charge in [-0.15, -0.1) is 0 Å². The third kappa shape index (κ3) is 4.27. The van der Waals surface area contributed by atoms with Gasteiger partial charge < -0.3 is 5.73 Å². The van der Waals surface area contributed by atoms with Crippen LogP contribution in [0, 0.1) is 5.82 Å². The molecule has 0 saturated heterocycles. The number of benzene rings is 1. The maximum atomic E-state index is 13.1. The second-order valence-electron chi connectivity index (χ2n) is 6.76. The molecule has 3 heteroatoms. The van der Waals surface area contributed by atoms with Crippen molar-refractivity contribution in [3.63, 3.8) is 0 Å². The largest absolute Gasteiger partial charge is 0.329 e. The molecule has 2 N–H and O–H groups in total. The second-order valence-corrected chi connectivity index (χ2v) is 6.76. The number of nitrogens with two attached hydrogens (primary N) is 1. The number of halogens is 1. The molecule has 0 bridgehead atoms. The van der Waals surface area contributed by atoms with E-state index in [4.69, 9.17) is 5.73 Å². The molecule has 0 aromatic heterocycles. The quantitative estimate of drug-likeness (QED) is 0.838. The lowest BCUT2D eigenvalue weighted by Crippen LogP contribution is -2.55. The van der Waals surface area contributed by atoms with Gasteiger partial charge in [0, 0.05) is 18.1 Å². The van der Waals surface area contributed by atoms with Crippen molar-refractivity contribution in [3.05, 3.63) is 35.6 Å². The summed E-state index contributed by atoms with van der Waals surface area (Å²) in [6.07, 6.45) is 8.80. The average Bonchev–Trinajstić information content (AvgIpc) is 2.78. The third-order valence-corrected chi connectivity index (χ3v) is 5.16. The zero-order valence-electron chi connectivity index (χ0n) is 13.4. The normalized spacial score (nSPS) is 20.2. The van der Waals surface area contributed by atoms with Crippen molar-refractivity contribution < 1.29 is 4.39 Å². The molecule has 2 rings (SSSR count). The highest BCUT2D eigenvalue weighted by Gasteiger charge is 2.33. The Hall–Kier alpha value is -0.930. The minimum absolute atomic E-state index is 0.0627. The molecule has 1 unspecified atom stereocenters. The predicted molar refractivity (Wildman–Crippen MR) is 86.8 cm³/mol. The molecule has 1 saturated carbocycles. The summed E-state index contributed by atoms with van der Waals surface area (Å²) >= 11 is 0. The van der Waals surface area contributed by atoms with Gasteiger partial charge in [0.1, 0.15) is 5.82 Å². The molecule has 1 atom stereocenters. The van der Waals surface area contributed by atoms with Crippen LogP contribution in [-0.4, -0.2) is 30.1 Å². The van der Waals surface area contributed by atoms with Crippen molar-refractivity contribution in [3.8, 4) is 0 Å². The van der Waals surface area contributed by atoms with E-state index in [0.717, 1.165) is 12.0 Å². The van der Waals surface area contributed by atoms with Crippen LogP contribution in [0.4, 0.5) is 4.39 Å². The van der Waals surface area contributed by atoms with E-state index in [1.54, 1.807) is 0 Å². The van der Waals surface area contributed by atoms with Crippen LogP contribution in [0.25, 0.3) is 0 Å². The van der Waals surface area contributed by atoms with Crippen molar-refractivity contribution in [2.45, 2.75) is 63.5 Å². The van der Waals surface area contributed by atoms with Crippen LogP contribution in [0.15, 0.2) is 24.3 Å². The average molecular weight is 292 g/mol. The highest BCUT2D eigenvalue weighted by molar-refractivity contribution is 5.19. The first kappa shape index (κ1) is 16.4. The highest BCUT2D eigenvalue weighted by atomic mass is 19.1. The lowest BCUT2D eigenvalue weighted by atomic mass is 9.88. The van der Waals surface area contributed by atoms with Gasteiger partial charge in [0.05, 0.1) is 0 Å². The molecule has 0 heterocycles. The molecule has 0 amide bonds. The summed E-state index contributed by atoms with van der Waals surface area (Å²) in [6, 6.07) is 7.46. The number of hydrogen-bond acceptors (Lipinski definition) is 2. The molecule has 1 fully saturated rings. The molecular formula is C18H29FN2. The molecule has 0 spiro atoms. The standard InChI is InChI=1S/C18H29FN2/c1-18(14-20,13-15-9-11-16(19)12-10-15)21(2)17-7-5-3-4-6-8-17/h9-12,17H,3-8,13-14,20H2,1-2H3. The van der Waals surface area contributed by atoms with Crippen LogP contribution in [0.3, 0.4) is 0 Å². The Balaban J connectivity index is 2.09. The fourth-order valence-electron chi connectivity index (χ4n) is 3.47. The minimum atomic E-state index is -0.176. The van der Waals surface area contributed by atoms with Gasteiger partial charge in [-0.2, -0.15) is 0 Å². The van der Waals surface area contributed by atoms with Crippen LogP contribution in [-0.2, 0) is 6.42 Å². The third-order valence-electron chi connectivity index (χ3n) is 5.16. The van der Waals surface area contributed by atoms with E-state index in [1.165, 1.54) is 50.7 Å². The van der Waals surface area contributed by atoms with Gasteiger partial charge in [-0.1, -0.05) is 37.8 Å². The van der Waals surface area contributed by atoms with Crippen LogP contribution in [0.5, 0.6) is 0 Å². The van der Waals surface area contributed by atoms with Gasteiger partial charge in [-0.3, -0.25) is 4.90 Å². The summed E-state index contributed by atoms with van der Waals surface area (Å²) < 4.78 is 13.1. The Bertz CT molecular complexity index is 423. The summed E-state index contributed by atoms with van der Waals surface area (Å²) in [5.74, 6) is -0.176. The second kappa shape index (κ2) is 7.37. The van der Waals surface area contributed by atoms with Gasteiger partial charge in [-0.25, -0.2) is 4.39 Å². The number of rotatable bonds is 5. The van der Waals surface area contributed by atoms with Gasteiger partial charge in [0.2, 0.25) is 0 Å². The summed E-state index contributed by atoms with van der Waals surface area (Å²) in [6.45, 7) is 2.86. The zero-order valence-corrected chi connectivity index (χ0v) is 13.4. The SMILES string of the molecule is CN(C1CCCCCC1)C(C)(CN)Cc1ccc(F)cc1. The van der Waals surface area contributed by atoms with E-state index >= 15 is 0 Å². The summed E-state index contributed by atoms with van der Waals surface area (Å²) in [5.41, 5.74) is 7.21. The van der Waals surface area contributed by atoms with E-state index in [1.807, 2.05) is 12.1 Å². The van der Waals surface area contributed by atoms with Gasteiger partial charge in [-0.05, 0) is 50.9 Å². The van der Waals surface area contributed by atoms with Crippen molar-refractivity contribution >= 4 is 0 Å². The van der Waals surface area contributed by atoms with Crippen molar-refractivity contribution in [1.82, 2.24) is 4.90 Å². The summed E-state index contributed by atoms with van der Waals surface area (Å²) in [5, 5.41) is 0. The van der Waals surface area contributed by atoms with E-state index < -0.39 is 0 Å². The molecule has 1 aliphatic rings. The molecule has 0 radical (unpaired) electrons. The van der Waals surface area contributed by atoms with Crippen LogP contribution >= 0.6 is 0 Å². The maximum absolute atomic E-state index is 13.1. The maximum Gasteiger partial charge on any atom is 0.123 e. The Labute approximate surface area is 128 Å². The summed E-state index contributed by atoms with van der Waals surface area (Å²) in [4.78, 5) is 2.49. The summed E-state index contributed by atoms with van der Waals surface area (Å²) in [7, 11) is 2.21.